The molecule has 0 aliphatic rings. The molecule has 0 atom stereocenters. The average molecular weight is 313 g/mol. The second kappa shape index (κ2) is 12.2. The number of hydrogen-bond donors (Lipinski definition) is 0. The van der Waals surface area contributed by atoms with E-state index in [1.165, 1.54) is 10.5 Å². The van der Waals surface area contributed by atoms with Gasteiger partial charge in [0.05, 0.1) is 19.3 Å². The molecule has 0 spiro atoms. The summed E-state index contributed by atoms with van der Waals surface area (Å²) in [4.78, 5) is 1.25. The Balaban J connectivity index is 0.00000361. The highest BCUT2D eigenvalue weighted by molar-refractivity contribution is 8.76. The molecular formula is C16H24O2S2. The maximum Gasteiger partial charge on any atom is 0.107 e. The van der Waals surface area contributed by atoms with Crippen LogP contribution in [0.2, 0.25) is 0 Å². The number of ether oxygens (including phenoxy) is 2. The fourth-order valence-electron chi connectivity index (χ4n) is 1.24. The van der Waals surface area contributed by atoms with Crippen LogP contribution in [0, 0.1) is 12.3 Å². The number of benzene rings is 1. The lowest BCUT2D eigenvalue weighted by Gasteiger charge is -2.08. The molecule has 4 heteroatoms. The summed E-state index contributed by atoms with van der Waals surface area (Å²) in [5, 5.41) is 0. The molecular weight excluding hydrogens is 288 g/mol. The Labute approximate surface area is 131 Å². The van der Waals surface area contributed by atoms with E-state index >= 15 is 0 Å². The molecule has 0 saturated heterocycles. The molecule has 0 radical (unpaired) electrons. The first-order chi connectivity index (χ1) is 9.22. The van der Waals surface area contributed by atoms with Crippen LogP contribution in [0.25, 0.3) is 0 Å². The molecule has 20 heavy (non-hydrogen) atoms. The van der Waals surface area contributed by atoms with Gasteiger partial charge in [0.25, 0.3) is 0 Å². The van der Waals surface area contributed by atoms with Crippen LogP contribution in [0.4, 0.5) is 0 Å². The van der Waals surface area contributed by atoms with Crippen LogP contribution >= 0.6 is 21.6 Å². The predicted molar refractivity (Wildman–Crippen MR) is 91.1 cm³/mol. The summed E-state index contributed by atoms with van der Waals surface area (Å²) in [6, 6.07) is 8.47. The normalized spacial score (nSPS) is 10.1. The van der Waals surface area contributed by atoms with E-state index < -0.39 is 0 Å². The summed E-state index contributed by atoms with van der Waals surface area (Å²) in [6.07, 6.45) is 5.37. The molecule has 1 aromatic rings. The third-order valence-corrected chi connectivity index (χ3v) is 4.50. The summed E-state index contributed by atoms with van der Waals surface area (Å²) >= 11 is 0. The molecule has 0 N–H and O–H groups in total. The van der Waals surface area contributed by atoms with Crippen molar-refractivity contribution in [2.24, 2.45) is 0 Å². The minimum Gasteiger partial charge on any atom is -0.374 e. The molecule has 0 saturated carbocycles. The first-order valence-corrected chi connectivity index (χ1v) is 8.55. The fraction of sp³-hybridized carbons (Fsp3) is 0.500. The van der Waals surface area contributed by atoms with Crippen molar-refractivity contribution < 1.29 is 9.47 Å². The van der Waals surface area contributed by atoms with Crippen molar-refractivity contribution >= 4 is 21.6 Å². The Morgan fingerprint density at radius 2 is 1.95 bits per heavy atom. The van der Waals surface area contributed by atoms with Gasteiger partial charge in [0.1, 0.15) is 6.61 Å². The highest BCUT2D eigenvalue weighted by Crippen LogP contribution is 2.30. The van der Waals surface area contributed by atoms with Gasteiger partial charge in [-0.05, 0) is 31.5 Å². The van der Waals surface area contributed by atoms with Crippen molar-refractivity contribution in [3.05, 3.63) is 29.8 Å². The first kappa shape index (κ1) is 19.4. The van der Waals surface area contributed by atoms with Gasteiger partial charge in [0.15, 0.2) is 0 Å². The van der Waals surface area contributed by atoms with Crippen LogP contribution < -0.4 is 0 Å². The number of terminal acetylenes is 1. The van der Waals surface area contributed by atoms with E-state index in [-0.39, 0.29) is 13.5 Å². The molecule has 0 unspecified atom stereocenters. The van der Waals surface area contributed by atoms with Crippen LogP contribution in [-0.2, 0) is 16.1 Å². The van der Waals surface area contributed by atoms with E-state index in [2.05, 4.69) is 30.2 Å². The molecule has 112 valence electrons. The van der Waals surface area contributed by atoms with E-state index in [0.29, 0.717) is 19.8 Å². The first-order valence-electron chi connectivity index (χ1n) is 6.23. The lowest BCUT2D eigenvalue weighted by atomic mass is 10.2. The molecule has 0 heterocycles. The van der Waals surface area contributed by atoms with E-state index in [4.69, 9.17) is 15.9 Å². The van der Waals surface area contributed by atoms with Crippen LogP contribution in [0.5, 0.6) is 0 Å². The van der Waals surface area contributed by atoms with Crippen molar-refractivity contribution in [3.63, 3.8) is 0 Å². The highest BCUT2D eigenvalue weighted by Gasteiger charge is 1.98. The molecule has 2 nitrogen and oxygen atoms in total. The Kier molecular flexibility index (Phi) is 11.8. The van der Waals surface area contributed by atoms with Crippen LogP contribution in [-0.4, -0.2) is 25.1 Å². The summed E-state index contributed by atoms with van der Waals surface area (Å²) in [5.74, 6) is 3.39. The van der Waals surface area contributed by atoms with Crippen LogP contribution in [0.15, 0.2) is 29.2 Å². The zero-order chi connectivity index (χ0) is 13.9. The van der Waals surface area contributed by atoms with Gasteiger partial charge in [-0.1, -0.05) is 47.1 Å². The number of rotatable bonds is 9. The zero-order valence-corrected chi connectivity index (χ0v) is 13.1. The summed E-state index contributed by atoms with van der Waals surface area (Å²) < 4.78 is 10.8. The smallest absolute Gasteiger partial charge is 0.107 e. The Morgan fingerprint density at radius 1 is 1.25 bits per heavy atom. The fourth-order valence-corrected chi connectivity index (χ4v) is 3.09. The van der Waals surface area contributed by atoms with Gasteiger partial charge in [-0.15, -0.1) is 6.42 Å². The standard InChI is InChI=1S/C15H20O2S2.CH4/c1-4-9-16-10-11-18-19-15-7-5-14(6-8-15)12-17-13(2)3;/h1,5-8,13H,9-12H2,2-3H3;1H4. The van der Waals surface area contributed by atoms with E-state index in [9.17, 15) is 0 Å². The third kappa shape index (κ3) is 9.33. The van der Waals surface area contributed by atoms with E-state index in [1.54, 1.807) is 21.6 Å². The molecule has 0 amide bonds. The largest absolute Gasteiger partial charge is 0.374 e. The van der Waals surface area contributed by atoms with Crippen molar-refractivity contribution in [1.29, 1.82) is 0 Å². The monoisotopic (exact) mass is 312 g/mol. The van der Waals surface area contributed by atoms with Crippen LogP contribution in [0.3, 0.4) is 0 Å². The SMILES string of the molecule is C.C#CCOCCSSc1ccc(COC(C)C)cc1. The summed E-state index contributed by atoms with van der Waals surface area (Å²) in [7, 11) is 3.53. The lowest BCUT2D eigenvalue weighted by molar-refractivity contribution is 0.0657. The lowest BCUT2D eigenvalue weighted by Crippen LogP contribution is -2.01. The highest BCUT2D eigenvalue weighted by atomic mass is 33.1. The van der Waals surface area contributed by atoms with Crippen molar-refractivity contribution in [2.75, 3.05) is 19.0 Å². The maximum absolute atomic E-state index is 5.56. The predicted octanol–water partition coefficient (Wildman–Crippen LogP) is 4.64. The Hall–Kier alpha value is -0.600. The van der Waals surface area contributed by atoms with Crippen molar-refractivity contribution in [3.8, 4) is 12.3 Å². The second-order valence-electron chi connectivity index (χ2n) is 4.17. The molecule has 0 bridgehead atoms. The minimum atomic E-state index is 0. The third-order valence-electron chi connectivity index (χ3n) is 2.16. The maximum atomic E-state index is 5.56. The average Bonchev–Trinajstić information content (AvgIpc) is 2.41. The number of hydrogen-bond acceptors (Lipinski definition) is 4. The van der Waals surface area contributed by atoms with Gasteiger partial charge in [0.2, 0.25) is 0 Å². The van der Waals surface area contributed by atoms with E-state index in [1.807, 2.05) is 13.8 Å². The van der Waals surface area contributed by atoms with Gasteiger partial charge < -0.3 is 9.47 Å². The van der Waals surface area contributed by atoms with Gasteiger partial charge in [-0.2, -0.15) is 0 Å². The van der Waals surface area contributed by atoms with Crippen molar-refractivity contribution in [1.82, 2.24) is 0 Å². The second-order valence-corrected chi connectivity index (χ2v) is 6.65. The molecule has 0 aliphatic carbocycles. The van der Waals surface area contributed by atoms with Gasteiger partial charge in [-0.25, -0.2) is 0 Å². The van der Waals surface area contributed by atoms with Gasteiger partial charge in [0, 0.05) is 10.6 Å². The van der Waals surface area contributed by atoms with Crippen molar-refractivity contribution in [2.45, 2.75) is 38.9 Å². The van der Waals surface area contributed by atoms with Gasteiger partial charge in [-0.3, -0.25) is 0 Å². The molecule has 0 aromatic heterocycles. The topological polar surface area (TPSA) is 18.5 Å². The molecule has 1 aromatic carbocycles. The summed E-state index contributed by atoms with van der Waals surface area (Å²) in [5.41, 5.74) is 1.21. The van der Waals surface area contributed by atoms with E-state index in [0.717, 1.165) is 5.75 Å². The minimum absolute atomic E-state index is 0. The summed E-state index contributed by atoms with van der Waals surface area (Å²) in [6.45, 7) is 5.86. The quantitative estimate of drug-likeness (QED) is 0.375. The molecule has 1 rings (SSSR count). The molecule has 0 fully saturated rings. The van der Waals surface area contributed by atoms with Crippen LogP contribution in [0.1, 0.15) is 26.8 Å². The van der Waals surface area contributed by atoms with Gasteiger partial charge >= 0.3 is 0 Å². The Bertz CT molecular complexity index is 382. The zero-order valence-electron chi connectivity index (χ0n) is 11.4. The molecule has 0 aliphatic heterocycles. The Morgan fingerprint density at radius 3 is 2.55 bits per heavy atom.